The number of nitrogens with one attached hydrogen (secondary N) is 1. The molecule has 0 unspecified atom stereocenters. The monoisotopic (exact) mass is 437 g/mol. The molecule has 1 N–H and O–H groups in total. The minimum Gasteiger partial charge on any atom is -0.339 e. The van der Waals surface area contributed by atoms with Gasteiger partial charge in [0.2, 0.25) is 0 Å². The first-order valence-corrected chi connectivity index (χ1v) is 11.4. The number of benzene rings is 3. The van der Waals surface area contributed by atoms with E-state index in [1.165, 1.54) is 19.3 Å². The van der Waals surface area contributed by atoms with Crippen molar-refractivity contribution in [2.24, 2.45) is 0 Å². The summed E-state index contributed by atoms with van der Waals surface area (Å²) in [6.45, 7) is 0. The summed E-state index contributed by atoms with van der Waals surface area (Å²) in [7, 11) is 1.88. The predicted octanol–water partition coefficient (Wildman–Crippen LogP) is 5.88. The van der Waals surface area contributed by atoms with Gasteiger partial charge in [0.1, 0.15) is 0 Å². The van der Waals surface area contributed by atoms with Crippen LogP contribution >= 0.6 is 0 Å². The molecule has 1 fully saturated rings. The highest BCUT2D eigenvalue weighted by molar-refractivity contribution is 6.09. The van der Waals surface area contributed by atoms with Gasteiger partial charge in [-0.05, 0) is 54.8 Å². The van der Waals surface area contributed by atoms with Crippen LogP contribution < -0.4 is 5.32 Å². The molecule has 0 aromatic heterocycles. The minimum absolute atomic E-state index is 0.0123. The van der Waals surface area contributed by atoms with Crippen LogP contribution in [0.3, 0.4) is 0 Å². The maximum Gasteiger partial charge on any atom is 0.256 e. The first kappa shape index (κ1) is 22.3. The van der Waals surface area contributed by atoms with Crippen molar-refractivity contribution < 1.29 is 9.59 Å². The Morgan fingerprint density at radius 3 is 2.21 bits per heavy atom. The summed E-state index contributed by atoms with van der Waals surface area (Å²) in [5.74, 6) is -0.255. The lowest BCUT2D eigenvalue weighted by Gasteiger charge is -2.31. The summed E-state index contributed by atoms with van der Waals surface area (Å²) in [6, 6.07) is 24.0. The van der Waals surface area contributed by atoms with E-state index in [4.69, 9.17) is 0 Å². The van der Waals surface area contributed by atoms with Gasteiger partial charge in [-0.25, -0.2) is 0 Å². The molecule has 0 heterocycles. The molecule has 3 aromatic carbocycles. The van der Waals surface area contributed by atoms with Crippen molar-refractivity contribution in [3.05, 3.63) is 89.5 Å². The summed E-state index contributed by atoms with van der Waals surface area (Å²) >= 11 is 0. The zero-order valence-corrected chi connectivity index (χ0v) is 18.8. The average Bonchev–Trinajstić information content (AvgIpc) is 2.88. The van der Waals surface area contributed by atoms with E-state index in [0.717, 1.165) is 18.4 Å². The lowest BCUT2D eigenvalue weighted by molar-refractivity contribution is 0.0696. The number of nitrogens with zero attached hydrogens (tertiary/aromatic N) is 2. The normalized spacial score (nSPS) is 13.7. The molecule has 33 heavy (non-hydrogen) atoms. The van der Waals surface area contributed by atoms with E-state index < -0.39 is 0 Å². The highest BCUT2D eigenvalue weighted by Gasteiger charge is 2.23. The third-order valence-electron chi connectivity index (χ3n) is 6.34. The van der Waals surface area contributed by atoms with E-state index in [1.807, 2.05) is 36.2 Å². The fourth-order valence-corrected chi connectivity index (χ4v) is 4.46. The van der Waals surface area contributed by atoms with Gasteiger partial charge in [-0.2, -0.15) is 5.26 Å². The van der Waals surface area contributed by atoms with Gasteiger partial charge in [-0.15, -0.1) is 0 Å². The smallest absolute Gasteiger partial charge is 0.256 e. The van der Waals surface area contributed by atoms with E-state index in [-0.39, 0.29) is 11.8 Å². The van der Waals surface area contributed by atoms with Crippen LogP contribution in [-0.4, -0.2) is 29.8 Å². The number of rotatable bonds is 5. The van der Waals surface area contributed by atoms with Gasteiger partial charge < -0.3 is 10.2 Å². The Morgan fingerprint density at radius 2 is 1.52 bits per heavy atom. The molecule has 0 aliphatic heterocycles. The molecule has 1 saturated carbocycles. The van der Waals surface area contributed by atoms with Crippen LogP contribution in [0.25, 0.3) is 11.1 Å². The van der Waals surface area contributed by atoms with Gasteiger partial charge in [0, 0.05) is 35.5 Å². The summed E-state index contributed by atoms with van der Waals surface area (Å²) in [5.41, 5.74) is 3.65. The second kappa shape index (κ2) is 10.1. The second-order valence-corrected chi connectivity index (χ2v) is 8.44. The molecule has 0 spiro atoms. The van der Waals surface area contributed by atoms with Crippen LogP contribution in [0.15, 0.2) is 72.8 Å². The molecule has 1 aliphatic carbocycles. The predicted molar refractivity (Wildman–Crippen MR) is 130 cm³/mol. The van der Waals surface area contributed by atoms with E-state index in [0.29, 0.717) is 34.0 Å². The third kappa shape index (κ3) is 4.96. The molecule has 0 radical (unpaired) electrons. The fraction of sp³-hybridized carbons (Fsp3) is 0.250. The molecule has 2 amide bonds. The number of hydrogen-bond acceptors (Lipinski definition) is 3. The van der Waals surface area contributed by atoms with Gasteiger partial charge in [-0.1, -0.05) is 55.7 Å². The lowest BCUT2D eigenvalue weighted by Crippen LogP contribution is -2.38. The Labute approximate surface area is 194 Å². The molecule has 3 aromatic rings. The quantitative estimate of drug-likeness (QED) is 0.541. The lowest BCUT2D eigenvalue weighted by atomic mass is 9.94. The number of nitriles is 1. The molecule has 5 heteroatoms. The van der Waals surface area contributed by atoms with E-state index in [2.05, 4.69) is 11.4 Å². The van der Waals surface area contributed by atoms with Gasteiger partial charge in [0.05, 0.1) is 11.6 Å². The molecule has 166 valence electrons. The van der Waals surface area contributed by atoms with Crippen LogP contribution in [0.2, 0.25) is 0 Å². The molecule has 5 nitrogen and oxygen atoms in total. The number of hydrogen-bond donors (Lipinski definition) is 1. The summed E-state index contributed by atoms with van der Waals surface area (Å²) in [5, 5.41) is 12.4. The van der Waals surface area contributed by atoms with Gasteiger partial charge in [0.25, 0.3) is 11.8 Å². The molecular weight excluding hydrogens is 410 g/mol. The Kier molecular flexibility index (Phi) is 6.85. The van der Waals surface area contributed by atoms with E-state index >= 15 is 0 Å². The molecule has 4 rings (SSSR count). The van der Waals surface area contributed by atoms with Crippen molar-refractivity contribution in [1.82, 2.24) is 4.90 Å². The van der Waals surface area contributed by atoms with Crippen molar-refractivity contribution in [2.45, 2.75) is 38.1 Å². The third-order valence-corrected chi connectivity index (χ3v) is 6.34. The Hall–Kier alpha value is -3.91. The van der Waals surface area contributed by atoms with Crippen molar-refractivity contribution in [3.8, 4) is 17.2 Å². The highest BCUT2D eigenvalue weighted by atomic mass is 16.2. The number of carbonyl (C=O) groups excluding carboxylic acids is 2. The summed E-state index contributed by atoms with van der Waals surface area (Å²) in [4.78, 5) is 27.8. The number of anilines is 1. The van der Waals surface area contributed by atoms with E-state index in [1.54, 1.807) is 48.5 Å². The van der Waals surface area contributed by atoms with Crippen molar-refractivity contribution in [3.63, 3.8) is 0 Å². The first-order valence-electron chi connectivity index (χ1n) is 11.4. The molecule has 0 saturated heterocycles. The number of amides is 2. The van der Waals surface area contributed by atoms with E-state index in [9.17, 15) is 14.9 Å². The van der Waals surface area contributed by atoms with Gasteiger partial charge in [-0.3, -0.25) is 9.59 Å². The van der Waals surface area contributed by atoms with Crippen LogP contribution in [0.1, 0.15) is 58.4 Å². The standard InChI is InChI=1S/C28H27N3O2/c1-31(23-10-3-2-4-11-23)28(33)20-15-17-22(18-16-20)30-27(32)26-14-8-7-13-25(26)24-12-6-5-9-21(24)19-29/h5-9,12-18,23H,2-4,10-11H2,1H3,(H,30,32). The zero-order chi connectivity index (χ0) is 23.2. The van der Waals surface area contributed by atoms with Crippen LogP contribution in [0.4, 0.5) is 5.69 Å². The Bertz CT molecular complexity index is 1190. The fourth-order valence-electron chi connectivity index (χ4n) is 4.46. The maximum absolute atomic E-state index is 13.1. The van der Waals surface area contributed by atoms with Crippen molar-refractivity contribution in [1.29, 1.82) is 5.26 Å². The molecular formula is C28H27N3O2. The second-order valence-electron chi connectivity index (χ2n) is 8.44. The number of carbonyl (C=O) groups is 2. The summed E-state index contributed by atoms with van der Waals surface area (Å²) < 4.78 is 0. The van der Waals surface area contributed by atoms with Crippen LogP contribution in [0, 0.1) is 11.3 Å². The van der Waals surface area contributed by atoms with Gasteiger partial charge >= 0.3 is 0 Å². The Balaban J connectivity index is 1.50. The highest BCUT2D eigenvalue weighted by Crippen LogP contribution is 2.28. The van der Waals surface area contributed by atoms with Gasteiger partial charge in [0.15, 0.2) is 0 Å². The molecule has 0 atom stereocenters. The average molecular weight is 438 g/mol. The Morgan fingerprint density at radius 1 is 0.879 bits per heavy atom. The van der Waals surface area contributed by atoms with Crippen LogP contribution in [-0.2, 0) is 0 Å². The topological polar surface area (TPSA) is 73.2 Å². The SMILES string of the molecule is CN(C(=O)c1ccc(NC(=O)c2ccccc2-c2ccccc2C#N)cc1)C1CCCCC1. The minimum atomic E-state index is -0.267. The van der Waals surface area contributed by atoms with Crippen molar-refractivity contribution >= 4 is 17.5 Å². The largest absolute Gasteiger partial charge is 0.339 e. The first-order chi connectivity index (χ1) is 16.1. The molecule has 1 aliphatic rings. The zero-order valence-electron chi connectivity index (χ0n) is 18.8. The van der Waals surface area contributed by atoms with Crippen LogP contribution in [0.5, 0.6) is 0 Å². The molecule has 0 bridgehead atoms. The summed E-state index contributed by atoms with van der Waals surface area (Å²) in [6.07, 6.45) is 5.72. The maximum atomic E-state index is 13.1. The van der Waals surface area contributed by atoms with Crippen molar-refractivity contribution in [2.75, 3.05) is 12.4 Å².